The van der Waals surface area contributed by atoms with Gasteiger partial charge in [0, 0.05) is 12.2 Å². The van der Waals surface area contributed by atoms with Gasteiger partial charge in [0.15, 0.2) is 11.0 Å². The first-order valence-electron chi connectivity index (χ1n) is 10.1. The summed E-state index contributed by atoms with van der Waals surface area (Å²) in [7, 11) is 0. The lowest BCUT2D eigenvalue weighted by molar-refractivity contribution is -0.115. The van der Waals surface area contributed by atoms with Gasteiger partial charge in [0.05, 0.1) is 17.4 Å². The Morgan fingerprint density at radius 3 is 2.56 bits per heavy atom. The van der Waals surface area contributed by atoms with Crippen molar-refractivity contribution in [3.05, 3.63) is 84.5 Å². The molecule has 7 nitrogen and oxygen atoms in total. The number of amides is 2. The van der Waals surface area contributed by atoms with Gasteiger partial charge in [-0.1, -0.05) is 55.1 Å². The molecule has 0 aliphatic heterocycles. The van der Waals surface area contributed by atoms with E-state index in [-0.39, 0.29) is 23.3 Å². The van der Waals surface area contributed by atoms with E-state index >= 15 is 0 Å². The van der Waals surface area contributed by atoms with Crippen molar-refractivity contribution in [3.63, 3.8) is 0 Å². The largest absolute Gasteiger partial charge is 0.345 e. The Morgan fingerprint density at radius 1 is 1.16 bits per heavy atom. The van der Waals surface area contributed by atoms with Crippen LogP contribution in [0.3, 0.4) is 0 Å². The SMILES string of the molecule is C=CCn1c(CNC(=O)c2ccccc2F)nnc1S[C@@H](CC)C(=O)Nc1ccccc1. The molecule has 2 amide bonds. The van der Waals surface area contributed by atoms with Gasteiger partial charge in [-0.2, -0.15) is 0 Å². The number of hydrogen-bond donors (Lipinski definition) is 2. The molecule has 3 rings (SSSR count). The highest BCUT2D eigenvalue weighted by Crippen LogP contribution is 2.26. The Morgan fingerprint density at radius 2 is 1.88 bits per heavy atom. The minimum atomic E-state index is -0.594. The predicted octanol–water partition coefficient (Wildman–Crippen LogP) is 4.04. The van der Waals surface area contributed by atoms with Gasteiger partial charge in [-0.15, -0.1) is 16.8 Å². The highest BCUT2D eigenvalue weighted by molar-refractivity contribution is 8.00. The Balaban J connectivity index is 1.70. The fourth-order valence-electron chi connectivity index (χ4n) is 2.94. The van der Waals surface area contributed by atoms with Gasteiger partial charge in [0.1, 0.15) is 5.82 Å². The van der Waals surface area contributed by atoms with Crippen molar-refractivity contribution in [1.82, 2.24) is 20.1 Å². The molecule has 0 unspecified atom stereocenters. The lowest BCUT2D eigenvalue weighted by atomic mass is 10.2. The van der Waals surface area contributed by atoms with Crippen LogP contribution in [-0.2, 0) is 17.9 Å². The third-order valence-electron chi connectivity index (χ3n) is 4.58. The standard InChI is InChI=1S/C23H24FN5O2S/c1-3-14-29-20(15-25-21(30)17-12-8-9-13-18(17)24)27-28-23(29)32-19(4-2)22(31)26-16-10-6-5-7-11-16/h3,5-13,19H,1,4,14-15H2,2H3,(H,25,30)(H,26,31)/t19-/m0/s1. The van der Waals surface area contributed by atoms with E-state index in [0.717, 1.165) is 5.69 Å². The van der Waals surface area contributed by atoms with E-state index in [1.807, 2.05) is 37.3 Å². The normalized spacial score (nSPS) is 11.6. The molecule has 32 heavy (non-hydrogen) atoms. The van der Waals surface area contributed by atoms with E-state index in [4.69, 9.17) is 0 Å². The molecule has 1 aromatic heterocycles. The van der Waals surface area contributed by atoms with Gasteiger partial charge in [-0.3, -0.25) is 9.59 Å². The Labute approximate surface area is 190 Å². The smallest absolute Gasteiger partial charge is 0.254 e. The molecule has 0 aliphatic carbocycles. The number of rotatable bonds is 10. The minimum Gasteiger partial charge on any atom is -0.345 e. The van der Waals surface area contributed by atoms with Gasteiger partial charge in [-0.25, -0.2) is 4.39 Å². The maximum absolute atomic E-state index is 13.8. The zero-order valence-electron chi connectivity index (χ0n) is 17.6. The van der Waals surface area contributed by atoms with Gasteiger partial charge < -0.3 is 15.2 Å². The second kappa shape index (κ2) is 11.2. The molecule has 0 aliphatic rings. The maximum atomic E-state index is 13.8. The second-order valence-corrected chi connectivity index (χ2v) is 8.00. The summed E-state index contributed by atoms with van der Waals surface area (Å²) < 4.78 is 15.6. The number of nitrogens with zero attached hydrogens (tertiary/aromatic N) is 3. The number of nitrogens with one attached hydrogen (secondary N) is 2. The van der Waals surface area contributed by atoms with Crippen molar-refractivity contribution in [2.75, 3.05) is 5.32 Å². The average molecular weight is 454 g/mol. The number of allylic oxidation sites excluding steroid dienone is 1. The molecule has 166 valence electrons. The fraction of sp³-hybridized carbons (Fsp3) is 0.217. The first kappa shape index (κ1) is 23.2. The van der Waals surface area contributed by atoms with Crippen molar-refractivity contribution in [2.24, 2.45) is 0 Å². The molecule has 0 fully saturated rings. The van der Waals surface area contributed by atoms with Crippen LogP contribution in [0.25, 0.3) is 0 Å². The highest BCUT2D eigenvalue weighted by Gasteiger charge is 2.23. The van der Waals surface area contributed by atoms with Crippen molar-refractivity contribution in [1.29, 1.82) is 0 Å². The fourth-order valence-corrected chi connectivity index (χ4v) is 3.93. The van der Waals surface area contributed by atoms with Crippen LogP contribution in [0.15, 0.2) is 72.4 Å². The molecule has 9 heteroatoms. The Bertz CT molecular complexity index is 1090. The van der Waals surface area contributed by atoms with Crippen LogP contribution in [0.5, 0.6) is 0 Å². The first-order chi connectivity index (χ1) is 15.5. The van der Waals surface area contributed by atoms with Gasteiger partial charge in [0.2, 0.25) is 5.91 Å². The molecule has 3 aromatic rings. The molecule has 1 heterocycles. The lowest BCUT2D eigenvalue weighted by Gasteiger charge is -2.15. The second-order valence-electron chi connectivity index (χ2n) is 6.83. The molecule has 0 radical (unpaired) electrons. The topological polar surface area (TPSA) is 88.9 Å². The molecular weight excluding hydrogens is 429 g/mol. The average Bonchev–Trinajstić information content (AvgIpc) is 3.18. The zero-order chi connectivity index (χ0) is 22.9. The van der Waals surface area contributed by atoms with Gasteiger partial charge in [-0.05, 0) is 30.7 Å². The van der Waals surface area contributed by atoms with Crippen molar-refractivity contribution in [3.8, 4) is 0 Å². The van der Waals surface area contributed by atoms with Crippen LogP contribution < -0.4 is 10.6 Å². The maximum Gasteiger partial charge on any atom is 0.254 e. The number of hydrogen-bond acceptors (Lipinski definition) is 5. The van der Waals surface area contributed by atoms with E-state index in [9.17, 15) is 14.0 Å². The summed E-state index contributed by atoms with van der Waals surface area (Å²) in [6.07, 6.45) is 2.27. The highest BCUT2D eigenvalue weighted by atomic mass is 32.2. The first-order valence-corrected chi connectivity index (χ1v) is 11.0. The Hall–Kier alpha value is -3.46. The summed E-state index contributed by atoms with van der Waals surface area (Å²) in [6.45, 7) is 6.14. The summed E-state index contributed by atoms with van der Waals surface area (Å²) in [4.78, 5) is 25.0. The summed E-state index contributed by atoms with van der Waals surface area (Å²) >= 11 is 1.29. The third-order valence-corrected chi connectivity index (χ3v) is 5.93. The molecular formula is C23H24FN5O2S. The molecule has 1 atom stereocenters. The van der Waals surface area contributed by atoms with Crippen LogP contribution >= 0.6 is 11.8 Å². The number of halogens is 1. The molecule has 0 saturated carbocycles. The van der Waals surface area contributed by atoms with Crippen molar-refractivity contribution >= 4 is 29.3 Å². The zero-order valence-corrected chi connectivity index (χ0v) is 18.4. The van der Waals surface area contributed by atoms with Crippen LogP contribution in [0, 0.1) is 5.82 Å². The van der Waals surface area contributed by atoms with Gasteiger partial charge in [0.25, 0.3) is 5.91 Å². The van der Waals surface area contributed by atoms with Crippen LogP contribution in [0.4, 0.5) is 10.1 Å². The summed E-state index contributed by atoms with van der Waals surface area (Å²) in [6, 6.07) is 15.0. The Kier molecular flexibility index (Phi) is 8.15. The molecule has 2 N–H and O–H groups in total. The van der Waals surface area contributed by atoms with E-state index in [0.29, 0.717) is 23.9 Å². The number of anilines is 1. The van der Waals surface area contributed by atoms with E-state index in [1.165, 1.54) is 30.0 Å². The predicted molar refractivity (Wildman–Crippen MR) is 123 cm³/mol. The summed E-state index contributed by atoms with van der Waals surface area (Å²) in [5.41, 5.74) is 0.682. The summed E-state index contributed by atoms with van der Waals surface area (Å²) in [5.74, 6) is -0.787. The number of carbonyl (C=O) groups excluding carboxylic acids is 2. The minimum absolute atomic E-state index is 0.0412. The number of carbonyl (C=O) groups is 2. The van der Waals surface area contributed by atoms with Crippen LogP contribution in [-0.4, -0.2) is 31.8 Å². The van der Waals surface area contributed by atoms with Crippen molar-refractivity contribution < 1.29 is 14.0 Å². The van der Waals surface area contributed by atoms with Crippen molar-refractivity contribution in [2.45, 2.75) is 36.8 Å². The number of thioether (sulfide) groups is 1. The van der Waals surface area contributed by atoms with Gasteiger partial charge >= 0.3 is 0 Å². The van der Waals surface area contributed by atoms with Crippen LogP contribution in [0.1, 0.15) is 29.5 Å². The van der Waals surface area contributed by atoms with Crippen LogP contribution in [0.2, 0.25) is 0 Å². The van der Waals surface area contributed by atoms with E-state index in [1.54, 1.807) is 16.7 Å². The lowest BCUT2D eigenvalue weighted by Crippen LogP contribution is -2.26. The summed E-state index contributed by atoms with van der Waals surface area (Å²) in [5, 5.41) is 14.1. The molecule has 0 bridgehead atoms. The number of benzene rings is 2. The molecule has 0 spiro atoms. The quantitative estimate of drug-likeness (QED) is 0.357. The number of para-hydroxylation sites is 1. The van der Waals surface area contributed by atoms with E-state index < -0.39 is 11.7 Å². The molecule has 2 aromatic carbocycles. The number of aromatic nitrogens is 3. The molecule has 0 saturated heterocycles. The third kappa shape index (κ3) is 5.82. The monoisotopic (exact) mass is 453 g/mol. The van der Waals surface area contributed by atoms with E-state index in [2.05, 4.69) is 27.4 Å².